The molecule has 2 atom stereocenters. The molecule has 2 unspecified atom stereocenters. The van der Waals surface area contributed by atoms with Crippen LogP contribution in [-0.4, -0.2) is 12.7 Å². The predicted octanol–water partition coefficient (Wildman–Crippen LogP) is 6.40. The summed E-state index contributed by atoms with van der Waals surface area (Å²) in [5, 5.41) is 0. The highest BCUT2D eigenvalue weighted by Gasteiger charge is 2.23. The first-order chi connectivity index (χ1) is 12.5. The SMILES string of the molecule is CCCc1ccc(-c2ccc(C3CCC(CC)OC3)cc2F)c(F)c1F. The molecule has 0 aliphatic carbocycles. The number of ether oxygens (including phenoxy) is 1. The lowest BCUT2D eigenvalue weighted by molar-refractivity contribution is 0.00199. The summed E-state index contributed by atoms with van der Waals surface area (Å²) < 4.78 is 49.1. The van der Waals surface area contributed by atoms with Gasteiger partial charge in [-0.15, -0.1) is 0 Å². The molecule has 0 spiro atoms. The highest BCUT2D eigenvalue weighted by molar-refractivity contribution is 5.66. The third kappa shape index (κ3) is 3.80. The van der Waals surface area contributed by atoms with Gasteiger partial charge in [0.15, 0.2) is 11.6 Å². The lowest BCUT2D eigenvalue weighted by Gasteiger charge is -2.28. The molecular formula is C22H25F3O. The van der Waals surface area contributed by atoms with E-state index in [4.69, 9.17) is 4.74 Å². The molecule has 0 radical (unpaired) electrons. The van der Waals surface area contributed by atoms with Crippen LogP contribution in [0, 0.1) is 17.5 Å². The molecule has 0 bridgehead atoms. The number of benzene rings is 2. The van der Waals surface area contributed by atoms with Gasteiger partial charge in [0.2, 0.25) is 0 Å². The monoisotopic (exact) mass is 362 g/mol. The molecule has 0 amide bonds. The van der Waals surface area contributed by atoms with Crippen molar-refractivity contribution in [1.29, 1.82) is 0 Å². The van der Waals surface area contributed by atoms with Crippen LogP contribution in [0.25, 0.3) is 11.1 Å². The van der Waals surface area contributed by atoms with Crippen molar-refractivity contribution in [3.05, 3.63) is 58.9 Å². The van der Waals surface area contributed by atoms with Crippen molar-refractivity contribution < 1.29 is 17.9 Å². The maximum atomic E-state index is 14.7. The summed E-state index contributed by atoms with van der Waals surface area (Å²) in [6.45, 7) is 4.58. The maximum Gasteiger partial charge on any atom is 0.167 e. The van der Waals surface area contributed by atoms with Crippen LogP contribution in [0.4, 0.5) is 13.2 Å². The van der Waals surface area contributed by atoms with Gasteiger partial charge in [0.25, 0.3) is 0 Å². The van der Waals surface area contributed by atoms with E-state index in [1.54, 1.807) is 18.2 Å². The Morgan fingerprint density at radius 1 is 0.962 bits per heavy atom. The first-order valence-corrected chi connectivity index (χ1v) is 9.43. The average molecular weight is 362 g/mol. The van der Waals surface area contributed by atoms with E-state index in [1.165, 1.54) is 12.1 Å². The van der Waals surface area contributed by atoms with E-state index in [0.29, 0.717) is 18.6 Å². The third-order valence-corrected chi connectivity index (χ3v) is 5.26. The Hall–Kier alpha value is -1.81. The zero-order valence-electron chi connectivity index (χ0n) is 15.3. The molecule has 0 saturated carbocycles. The van der Waals surface area contributed by atoms with Crippen molar-refractivity contribution in [3.8, 4) is 11.1 Å². The van der Waals surface area contributed by atoms with E-state index >= 15 is 0 Å². The molecule has 2 aromatic rings. The minimum atomic E-state index is -0.977. The summed E-state index contributed by atoms with van der Waals surface area (Å²) in [6.07, 6.45) is 4.37. The molecule has 1 fully saturated rings. The molecule has 4 heteroatoms. The normalized spacial score (nSPS) is 20.3. The van der Waals surface area contributed by atoms with E-state index in [1.807, 2.05) is 6.92 Å². The van der Waals surface area contributed by atoms with Gasteiger partial charge < -0.3 is 4.74 Å². The van der Waals surface area contributed by atoms with Crippen LogP contribution in [0.3, 0.4) is 0 Å². The molecule has 1 aliphatic rings. The number of halogens is 3. The van der Waals surface area contributed by atoms with Crippen molar-refractivity contribution in [2.75, 3.05) is 6.61 Å². The Morgan fingerprint density at radius 3 is 2.35 bits per heavy atom. The van der Waals surface area contributed by atoms with Gasteiger partial charge in [-0.25, -0.2) is 13.2 Å². The smallest absolute Gasteiger partial charge is 0.167 e. The van der Waals surface area contributed by atoms with Gasteiger partial charge in [-0.1, -0.05) is 44.5 Å². The minimum Gasteiger partial charge on any atom is -0.378 e. The fraction of sp³-hybridized carbons (Fsp3) is 0.455. The average Bonchev–Trinajstić information content (AvgIpc) is 2.66. The number of aryl methyl sites for hydroxylation is 1. The molecule has 0 aromatic heterocycles. The molecular weight excluding hydrogens is 337 g/mol. The minimum absolute atomic E-state index is 0.0302. The van der Waals surface area contributed by atoms with E-state index in [0.717, 1.165) is 31.2 Å². The molecule has 1 nitrogen and oxygen atoms in total. The Morgan fingerprint density at radius 2 is 1.73 bits per heavy atom. The standard InChI is InChI=1S/C22H25F3O/c1-3-5-14-7-11-19(22(25)21(14)24)18-10-8-15(12-20(18)23)16-6-9-17(4-2)26-13-16/h7-8,10-12,16-17H,3-6,9,13H2,1-2H3. The molecule has 1 aliphatic heterocycles. The molecule has 1 heterocycles. The van der Waals surface area contributed by atoms with Gasteiger partial charge >= 0.3 is 0 Å². The Kier molecular flexibility index (Phi) is 6.02. The van der Waals surface area contributed by atoms with Crippen LogP contribution < -0.4 is 0 Å². The molecule has 0 N–H and O–H groups in total. The van der Waals surface area contributed by atoms with Crippen LogP contribution in [0.2, 0.25) is 0 Å². The highest BCUT2D eigenvalue weighted by Crippen LogP contribution is 2.34. The fourth-order valence-corrected chi connectivity index (χ4v) is 3.65. The summed E-state index contributed by atoms with van der Waals surface area (Å²) >= 11 is 0. The van der Waals surface area contributed by atoms with Crippen LogP contribution in [0.15, 0.2) is 30.3 Å². The van der Waals surface area contributed by atoms with Crippen molar-refractivity contribution >= 4 is 0 Å². The molecule has 2 aromatic carbocycles. The second-order valence-electron chi connectivity index (χ2n) is 7.03. The first-order valence-electron chi connectivity index (χ1n) is 9.43. The third-order valence-electron chi connectivity index (χ3n) is 5.26. The van der Waals surface area contributed by atoms with Gasteiger partial charge in [-0.05, 0) is 42.9 Å². The number of hydrogen-bond donors (Lipinski definition) is 0. The van der Waals surface area contributed by atoms with Crippen molar-refractivity contribution in [3.63, 3.8) is 0 Å². The van der Waals surface area contributed by atoms with Crippen LogP contribution in [0.1, 0.15) is 56.6 Å². The molecule has 1 saturated heterocycles. The lowest BCUT2D eigenvalue weighted by Crippen LogP contribution is -2.24. The summed E-state index contributed by atoms with van der Waals surface area (Å²) in [6, 6.07) is 7.80. The van der Waals surface area contributed by atoms with Crippen LogP contribution in [0.5, 0.6) is 0 Å². The summed E-state index contributed by atoms with van der Waals surface area (Å²) in [5.74, 6) is -2.23. The molecule has 140 valence electrons. The fourth-order valence-electron chi connectivity index (χ4n) is 3.65. The number of rotatable bonds is 5. The second-order valence-corrected chi connectivity index (χ2v) is 7.03. The van der Waals surface area contributed by atoms with E-state index in [-0.39, 0.29) is 23.1 Å². The Bertz CT molecular complexity index is 764. The van der Waals surface area contributed by atoms with Crippen molar-refractivity contribution in [1.82, 2.24) is 0 Å². The van der Waals surface area contributed by atoms with Gasteiger partial charge in [-0.2, -0.15) is 0 Å². The maximum absolute atomic E-state index is 14.7. The van der Waals surface area contributed by atoms with Crippen molar-refractivity contribution in [2.45, 2.75) is 58.0 Å². The molecule has 3 rings (SSSR count). The van der Waals surface area contributed by atoms with E-state index in [9.17, 15) is 13.2 Å². The summed E-state index contributed by atoms with van der Waals surface area (Å²) in [4.78, 5) is 0. The van der Waals surface area contributed by atoms with E-state index in [2.05, 4.69) is 6.92 Å². The first kappa shape index (κ1) is 19.0. The molecule has 26 heavy (non-hydrogen) atoms. The van der Waals surface area contributed by atoms with Gasteiger partial charge in [0.1, 0.15) is 5.82 Å². The van der Waals surface area contributed by atoms with E-state index < -0.39 is 17.5 Å². The van der Waals surface area contributed by atoms with Gasteiger partial charge in [0, 0.05) is 17.0 Å². The summed E-state index contributed by atoms with van der Waals surface area (Å²) in [7, 11) is 0. The number of hydrogen-bond acceptors (Lipinski definition) is 1. The van der Waals surface area contributed by atoms with Crippen LogP contribution in [-0.2, 0) is 11.2 Å². The zero-order valence-corrected chi connectivity index (χ0v) is 15.3. The highest BCUT2D eigenvalue weighted by atomic mass is 19.2. The Labute approximate surface area is 153 Å². The lowest BCUT2D eigenvalue weighted by atomic mass is 9.89. The zero-order chi connectivity index (χ0) is 18.7. The topological polar surface area (TPSA) is 9.23 Å². The second kappa shape index (κ2) is 8.26. The summed E-state index contributed by atoms with van der Waals surface area (Å²) in [5.41, 5.74) is 1.24. The quantitative estimate of drug-likeness (QED) is 0.598. The van der Waals surface area contributed by atoms with Crippen molar-refractivity contribution in [2.24, 2.45) is 0 Å². The van der Waals surface area contributed by atoms with Gasteiger partial charge in [0.05, 0.1) is 12.7 Å². The largest absolute Gasteiger partial charge is 0.378 e. The van der Waals surface area contributed by atoms with Crippen LogP contribution >= 0.6 is 0 Å². The Balaban J connectivity index is 1.85. The van der Waals surface area contributed by atoms with Gasteiger partial charge in [-0.3, -0.25) is 0 Å². The predicted molar refractivity (Wildman–Crippen MR) is 97.8 cm³/mol.